The molecule has 0 N–H and O–H groups in total. The second kappa shape index (κ2) is 8.01. The highest BCUT2D eigenvalue weighted by Gasteiger charge is 2.15. The van der Waals surface area contributed by atoms with Crippen LogP contribution in [-0.4, -0.2) is 25.2 Å². The molecule has 0 saturated heterocycles. The van der Waals surface area contributed by atoms with Crippen molar-refractivity contribution in [2.75, 3.05) is 14.2 Å². The minimum absolute atomic E-state index is 0.121. The van der Waals surface area contributed by atoms with Crippen molar-refractivity contribution in [3.63, 3.8) is 0 Å². The first-order valence-electron chi connectivity index (χ1n) is 8.02. The Hall–Kier alpha value is -2.86. The summed E-state index contributed by atoms with van der Waals surface area (Å²) in [6.07, 6.45) is 0. The number of hydrogen-bond acceptors (Lipinski definition) is 6. The summed E-state index contributed by atoms with van der Waals surface area (Å²) in [6.45, 7) is 2.06. The van der Waals surface area contributed by atoms with Crippen LogP contribution in [-0.2, 0) is 11.3 Å². The van der Waals surface area contributed by atoms with E-state index < -0.39 is 0 Å². The minimum atomic E-state index is -0.359. The van der Waals surface area contributed by atoms with Gasteiger partial charge in [0.25, 0.3) is 0 Å². The summed E-state index contributed by atoms with van der Waals surface area (Å²) in [4.78, 5) is 16.7. The van der Waals surface area contributed by atoms with Gasteiger partial charge in [-0.05, 0) is 31.2 Å². The zero-order valence-corrected chi connectivity index (χ0v) is 15.6. The second-order valence-electron chi connectivity index (χ2n) is 5.63. The predicted octanol–water partition coefficient (Wildman–Crippen LogP) is 4.49. The van der Waals surface area contributed by atoms with Crippen molar-refractivity contribution in [2.45, 2.75) is 13.5 Å². The fraction of sp³-hybridized carbons (Fsp3) is 0.200. The lowest BCUT2D eigenvalue weighted by molar-refractivity contribution is 0.0468. The Morgan fingerprint density at radius 3 is 2.65 bits per heavy atom. The molecule has 26 heavy (non-hydrogen) atoms. The van der Waals surface area contributed by atoms with Gasteiger partial charge in [-0.2, -0.15) is 0 Å². The first-order valence-corrected chi connectivity index (χ1v) is 8.90. The molecule has 0 aliphatic rings. The van der Waals surface area contributed by atoms with Gasteiger partial charge in [-0.15, -0.1) is 11.3 Å². The number of aryl methyl sites for hydroxylation is 1. The Balaban J connectivity index is 1.74. The monoisotopic (exact) mass is 369 g/mol. The van der Waals surface area contributed by atoms with Crippen LogP contribution in [0, 0.1) is 6.92 Å². The molecule has 1 aromatic heterocycles. The third-order valence-electron chi connectivity index (χ3n) is 3.79. The standard InChI is InChI=1S/C20H19NO4S/c1-13-6-4-7-14(10-13)20(22)25-11-15-12-26-19(21-15)16-8-5-9-17(23-2)18(16)24-3/h4-10,12H,11H2,1-3H3. The van der Waals surface area contributed by atoms with Crippen molar-refractivity contribution < 1.29 is 19.0 Å². The Morgan fingerprint density at radius 1 is 1.12 bits per heavy atom. The normalized spacial score (nSPS) is 10.4. The maximum Gasteiger partial charge on any atom is 0.338 e. The number of ether oxygens (including phenoxy) is 3. The lowest BCUT2D eigenvalue weighted by atomic mass is 10.1. The topological polar surface area (TPSA) is 57.7 Å². The van der Waals surface area contributed by atoms with Crippen molar-refractivity contribution in [3.05, 3.63) is 64.7 Å². The molecule has 0 atom stereocenters. The number of rotatable bonds is 6. The molecule has 0 amide bonds. The van der Waals surface area contributed by atoms with Crippen LogP contribution in [0.4, 0.5) is 0 Å². The number of hydrogen-bond donors (Lipinski definition) is 0. The number of methoxy groups -OCH3 is 2. The lowest BCUT2D eigenvalue weighted by Crippen LogP contribution is -2.05. The third-order valence-corrected chi connectivity index (χ3v) is 4.71. The highest BCUT2D eigenvalue weighted by Crippen LogP contribution is 2.39. The Labute approximate surface area is 156 Å². The molecule has 0 radical (unpaired) electrons. The largest absolute Gasteiger partial charge is 0.493 e. The molecule has 0 unspecified atom stereocenters. The molecule has 134 valence electrons. The average molecular weight is 369 g/mol. The smallest absolute Gasteiger partial charge is 0.338 e. The van der Waals surface area contributed by atoms with E-state index in [4.69, 9.17) is 14.2 Å². The van der Waals surface area contributed by atoms with E-state index in [0.717, 1.165) is 16.1 Å². The van der Waals surface area contributed by atoms with E-state index in [1.807, 2.05) is 42.6 Å². The van der Waals surface area contributed by atoms with E-state index in [2.05, 4.69) is 4.98 Å². The zero-order valence-electron chi connectivity index (χ0n) is 14.8. The highest BCUT2D eigenvalue weighted by molar-refractivity contribution is 7.13. The predicted molar refractivity (Wildman–Crippen MR) is 101 cm³/mol. The Kier molecular flexibility index (Phi) is 5.53. The van der Waals surface area contributed by atoms with E-state index in [0.29, 0.717) is 22.8 Å². The summed E-state index contributed by atoms with van der Waals surface area (Å²) in [5, 5.41) is 2.65. The fourth-order valence-electron chi connectivity index (χ4n) is 2.55. The summed E-state index contributed by atoms with van der Waals surface area (Å²) in [5.41, 5.74) is 3.08. The number of carbonyl (C=O) groups excluding carboxylic acids is 1. The molecule has 5 nitrogen and oxygen atoms in total. The summed E-state index contributed by atoms with van der Waals surface area (Å²) < 4.78 is 16.1. The molecule has 1 heterocycles. The van der Waals surface area contributed by atoms with Crippen molar-refractivity contribution in [1.29, 1.82) is 0 Å². The summed E-state index contributed by atoms with van der Waals surface area (Å²) in [6, 6.07) is 12.9. The zero-order chi connectivity index (χ0) is 18.5. The van der Waals surface area contributed by atoms with Gasteiger partial charge in [-0.3, -0.25) is 0 Å². The van der Waals surface area contributed by atoms with Gasteiger partial charge in [0.05, 0.1) is 31.0 Å². The van der Waals surface area contributed by atoms with Crippen LogP contribution >= 0.6 is 11.3 Å². The molecule has 0 spiro atoms. The third kappa shape index (κ3) is 3.86. The second-order valence-corrected chi connectivity index (χ2v) is 6.49. The van der Waals surface area contributed by atoms with Gasteiger partial charge in [-0.25, -0.2) is 9.78 Å². The first-order chi connectivity index (χ1) is 12.6. The number of esters is 1. The van der Waals surface area contributed by atoms with Crippen LogP contribution in [0.1, 0.15) is 21.6 Å². The summed E-state index contributed by atoms with van der Waals surface area (Å²) in [5.74, 6) is 0.919. The molecule has 0 fully saturated rings. The van der Waals surface area contributed by atoms with Crippen molar-refractivity contribution in [2.24, 2.45) is 0 Å². The lowest BCUT2D eigenvalue weighted by Gasteiger charge is -2.10. The number of aromatic nitrogens is 1. The van der Waals surface area contributed by atoms with Crippen molar-refractivity contribution in [3.8, 4) is 22.1 Å². The van der Waals surface area contributed by atoms with Gasteiger partial charge < -0.3 is 14.2 Å². The quantitative estimate of drug-likeness (QED) is 0.599. The van der Waals surface area contributed by atoms with E-state index in [9.17, 15) is 4.79 Å². The minimum Gasteiger partial charge on any atom is -0.493 e. The molecule has 0 saturated carbocycles. The number of nitrogens with zero attached hydrogens (tertiary/aromatic N) is 1. The summed E-state index contributed by atoms with van der Waals surface area (Å²) >= 11 is 1.46. The first kappa shape index (κ1) is 17.9. The maximum atomic E-state index is 12.1. The van der Waals surface area contributed by atoms with Gasteiger partial charge in [0, 0.05) is 5.38 Å². The molecule has 0 bridgehead atoms. The van der Waals surface area contributed by atoms with Crippen LogP contribution in [0.3, 0.4) is 0 Å². The highest BCUT2D eigenvalue weighted by atomic mass is 32.1. The SMILES string of the molecule is COc1cccc(-c2nc(COC(=O)c3cccc(C)c3)cs2)c1OC. The van der Waals surface area contributed by atoms with E-state index in [1.54, 1.807) is 26.4 Å². The number of para-hydroxylation sites is 1. The van der Waals surface area contributed by atoms with E-state index >= 15 is 0 Å². The number of benzene rings is 2. The number of thiazole rings is 1. The molecule has 3 aromatic rings. The fourth-order valence-corrected chi connectivity index (χ4v) is 3.37. The van der Waals surface area contributed by atoms with Crippen molar-refractivity contribution in [1.82, 2.24) is 4.98 Å². The van der Waals surface area contributed by atoms with Crippen LogP contribution < -0.4 is 9.47 Å². The van der Waals surface area contributed by atoms with Crippen LogP contribution in [0.5, 0.6) is 11.5 Å². The Morgan fingerprint density at radius 2 is 1.92 bits per heavy atom. The summed E-state index contributed by atoms with van der Waals surface area (Å²) in [7, 11) is 3.19. The average Bonchev–Trinajstić information content (AvgIpc) is 3.14. The Bertz CT molecular complexity index is 920. The van der Waals surface area contributed by atoms with Gasteiger partial charge in [0.2, 0.25) is 0 Å². The van der Waals surface area contributed by atoms with Crippen LogP contribution in [0.2, 0.25) is 0 Å². The molecular formula is C20H19NO4S. The molecule has 0 aliphatic carbocycles. The van der Waals surface area contributed by atoms with Gasteiger partial charge in [0.1, 0.15) is 11.6 Å². The van der Waals surface area contributed by atoms with Crippen molar-refractivity contribution >= 4 is 17.3 Å². The van der Waals surface area contributed by atoms with Crippen LogP contribution in [0.15, 0.2) is 47.8 Å². The number of carbonyl (C=O) groups is 1. The van der Waals surface area contributed by atoms with Gasteiger partial charge in [-0.1, -0.05) is 23.8 Å². The molecular weight excluding hydrogens is 350 g/mol. The van der Waals surface area contributed by atoms with Gasteiger partial charge in [0.15, 0.2) is 11.5 Å². The maximum absolute atomic E-state index is 12.1. The van der Waals surface area contributed by atoms with Gasteiger partial charge >= 0.3 is 5.97 Å². The molecule has 0 aliphatic heterocycles. The molecule has 6 heteroatoms. The van der Waals surface area contributed by atoms with Crippen LogP contribution in [0.25, 0.3) is 10.6 Å². The van der Waals surface area contributed by atoms with E-state index in [1.165, 1.54) is 11.3 Å². The molecule has 2 aromatic carbocycles. The van der Waals surface area contributed by atoms with E-state index in [-0.39, 0.29) is 12.6 Å². The molecule has 3 rings (SSSR count).